The number of nitrogens with zero attached hydrogens (tertiary/aromatic N) is 2. The molecule has 0 saturated heterocycles. The number of hydrogen-bond donors (Lipinski definition) is 1. The molecule has 7 heteroatoms. The zero-order chi connectivity index (χ0) is 16.8. The fourth-order valence-electron chi connectivity index (χ4n) is 2.69. The number of anilines is 2. The molecule has 1 atom stereocenters. The van der Waals surface area contributed by atoms with Gasteiger partial charge in [-0.15, -0.1) is 11.3 Å². The molecule has 2 amide bonds. The van der Waals surface area contributed by atoms with Gasteiger partial charge in [0.05, 0.1) is 11.4 Å². The third kappa shape index (κ3) is 2.65. The smallest absolute Gasteiger partial charge is 0.267 e. The molecule has 4 rings (SSSR count). The van der Waals surface area contributed by atoms with Crippen LogP contribution >= 0.6 is 11.3 Å². The van der Waals surface area contributed by atoms with E-state index < -0.39 is 6.10 Å². The molecule has 1 N–H and O–H groups in total. The summed E-state index contributed by atoms with van der Waals surface area (Å²) in [5, 5.41) is 5.36. The van der Waals surface area contributed by atoms with Gasteiger partial charge in [0.1, 0.15) is 5.75 Å². The average Bonchev–Trinajstić information content (AvgIpc) is 3.33. The van der Waals surface area contributed by atoms with Gasteiger partial charge in [0, 0.05) is 23.9 Å². The fourth-order valence-corrected chi connectivity index (χ4v) is 3.41. The van der Waals surface area contributed by atoms with Crippen molar-refractivity contribution in [3.63, 3.8) is 0 Å². The number of carbonyl (C=O) groups is 2. The van der Waals surface area contributed by atoms with Crippen molar-refractivity contribution in [2.45, 2.75) is 25.9 Å². The third-order valence-electron chi connectivity index (χ3n) is 4.28. The molecular weight excluding hydrogens is 326 g/mol. The summed E-state index contributed by atoms with van der Waals surface area (Å²) < 4.78 is 5.63. The Bertz CT molecular complexity index is 828. The molecule has 1 aliphatic carbocycles. The summed E-state index contributed by atoms with van der Waals surface area (Å²) in [6, 6.07) is 5.66. The molecule has 124 valence electrons. The highest BCUT2D eigenvalue weighted by atomic mass is 32.1. The third-order valence-corrected chi connectivity index (χ3v) is 5.04. The quantitative estimate of drug-likeness (QED) is 0.930. The van der Waals surface area contributed by atoms with Crippen LogP contribution in [0, 0.1) is 5.92 Å². The van der Waals surface area contributed by atoms with Crippen molar-refractivity contribution in [1.29, 1.82) is 0 Å². The number of hydrogen-bond acceptors (Lipinski definition) is 5. The van der Waals surface area contributed by atoms with Crippen molar-refractivity contribution in [1.82, 2.24) is 4.98 Å². The predicted octanol–water partition coefficient (Wildman–Crippen LogP) is 2.90. The van der Waals surface area contributed by atoms with E-state index in [0.29, 0.717) is 10.9 Å². The Hall–Kier alpha value is -2.41. The Morgan fingerprint density at radius 3 is 2.96 bits per heavy atom. The second kappa shape index (κ2) is 5.59. The van der Waals surface area contributed by atoms with E-state index in [9.17, 15) is 9.59 Å². The van der Waals surface area contributed by atoms with Crippen LogP contribution in [0.25, 0.3) is 11.3 Å². The van der Waals surface area contributed by atoms with Gasteiger partial charge in [-0.25, -0.2) is 4.98 Å². The first-order valence-electron chi connectivity index (χ1n) is 7.88. The number of ether oxygens (including phenoxy) is 1. The summed E-state index contributed by atoms with van der Waals surface area (Å²) in [5.74, 6) is 0.815. The number of likely N-dealkylation sites (N-methyl/N-ethyl adjacent to an activating group) is 1. The molecule has 1 aromatic heterocycles. The number of nitrogens with one attached hydrogen (secondary N) is 1. The summed E-state index contributed by atoms with van der Waals surface area (Å²) in [6.07, 6.45) is 1.46. The van der Waals surface area contributed by atoms with Gasteiger partial charge in [0.25, 0.3) is 5.91 Å². The molecule has 2 aromatic rings. The zero-order valence-corrected chi connectivity index (χ0v) is 14.2. The van der Waals surface area contributed by atoms with Crippen molar-refractivity contribution >= 4 is 34.0 Å². The van der Waals surface area contributed by atoms with Crippen molar-refractivity contribution in [3.8, 4) is 17.0 Å². The van der Waals surface area contributed by atoms with Gasteiger partial charge in [0.15, 0.2) is 11.2 Å². The largest absolute Gasteiger partial charge is 0.479 e. The molecule has 0 unspecified atom stereocenters. The van der Waals surface area contributed by atoms with Crippen LogP contribution in [0.4, 0.5) is 10.8 Å². The molecule has 2 heterocycles. The molecule has 2 aliphatic rings. The number of rotatable bonds is 3. The van der Waals surface area contributed by atoms with Crippen LogP contribution in [-0.4, -0.2) is 29.9 Å². The summed E-state index contributed by atoms with van der Waals surface area (Å²) in [4.78, 5) is 30.0. The Labute approximate surface area is 143 Å². The van der Waals surface area contributed by atoms with Gasteiger partial charge in [0.2, 0.25) is 5.91 Å². The number of carbonyl (C=O) groups excluding carboxylic acids is 2. The molecule has 1 aromatic carbocycles. The normalized spacial score (nSPS) is 19.7. The van der Waals surface area contributed by atoms with E-state index in [1.165, 1.54) is 11.3 Å². The van der Waals surface area contributed by atoms with E-state index in [2.05, 4.69) is 10.3 Å². The van der Waals surface area contributed by atoms with E-state index in [-0.39, 0.29) is 17.7 Å². The van der Waals surface area contributed by atoms with Crippen LogP contribution in [0.5, 0.6) is 5.75 Å². The van der Waals surface area contributed by atoms with Crippen LogP contribution in [0.15, 0.2) is 23.6 Å². The van der Waals surface area contributed by atoms with E-state index in [1.54, 1.807) is 18.9 Å². The van der Waals surface area contributed by atoms with Gasteiger partial charge >= 0.3 is 0 Å². The first-order valence-corrected chi connectivity index (χ1v) is 8.76. The van der Waals surface area contributed by atoms with Crippen LogP contribution < -0.4 is 15.0 Å². The number of benzene rings is 1. The SMILES string of the molecule is C[C@@H]1Oc2ccc(-c3csc(NC(=O)C4CC4)n3)cc2N(C)C1=O. The van der Waals surface area contributed by atoms with E-state index in [4.69, 9.17) is 4.74 Å². The van der Waals surface area contributed by atoms with Gasteiger partial charge in [-0.2, -0.15) is 0 Å². The second-order valence-corrected chi connectivity index (χ2v) is 7.00. The highest BCUT2D eigenvalue weighted by Crippen LogP contribution is 2.37. The van der Waals surface area contributed by atoms with Crippen LogP contribution in [-0.2, 0) is 9.59 Å². The van der Waals surface area contributed by atoms with Crippen molar-refractivity contribution < 1.29 is 14.3 Å². The van der Waals surface area contributed by atoms with Crippen LogP contribution in [0.2, 0.25) is 0 Å². The Kier molecular flexibility index (Phi) is 3.53. The fraction of sp³-hybridized carbons (Fsp3) is 0.353. The number of fused-ring (bicyclic) bond motifs is 1. The number of aromatic nitrogens is 1. The topological polar surface area (TPSA) is 71.5 Å². The minimum atomic E-state index is -0.475. The van der Waals surface area contributed by atoms with Crippen molar-refractivity contribution in [3.05, 3.63) is 23.6 Å². The zero-order valence-electron chi connectivity index (χ0n) is 13.4. The second-order valence-electron chi connectivity index (χ2n) is 6.14. The van der Waals surface area contributed by atoms with Crippen molar-refractivity contribution in [2.24, 2.45) is 5.92 Å². The Morgan fingerprint density at radius 2 is 2.21 bits per heavy atom. The van der Waals surface area contributed by atoms with E-state index in [1.807, 2.05) is 23.6 Å². The number of amides is 2. The maximum atomic E-state index is 12.1. The molecular formula is C17H17N3O3S. The van der Waals surface area contributed by atoms with Gasteiger partial charge in [-0.1, -0.05) is 0 Å². The van der Waals surface area contributed by atoms with Gasteiger partial charge in [-0.05, 0) is 38.0 Å². The van der Waals surface area contributed by atoms with Crippen molar-refractivity contribution in [2.75, 3.05) is 17.3 Å². The molecule has 0 bridgehead atoms. The lowest BCUT2D eigenvalue weighted by Crippen LogP contribution is -2.41. The monoisotopic (exact) mass is 343 g/mol. The van der Waals surface area contributed by atoms with E-state index in [0.717, 1.165) is 29.8 Å². The molecule has 6 nitrogen and oxygen atoms in total. The molecule has 1 saturated carbocycles. The van der Waals surface area contributed by atoms with Gasteiger partial charge < -0.3 is 15.0 Å². The standard InChI is InChI=1S/C17H17N3O3S/c1-9-16(22)20(2)13-7-11(5-6-14(13)23-9)12-8-24-17(18-12)19-15(21)10-3-4-10/h5-10H,3-4H2,1-2H3,(H,18,19,21)/t9-/m0/s1. The molecule has 1 aliphatic heterocycles. The molecule has 1 fully saturated rings. The average molecular weight is 343 g/mol. The minimum Gasteiger partial charge on any atom is -0.479 e. The maximum absolute atomic E-state index is 12.1. The lowest BCUT2D eigenvalue weighted by atomic mass is 10.1. The molecule has 0 radical (unpaired) electrons. The lowest BCUT2D eigenvalue weighted by Gasteiger charge is -2.30. The summed E-state index contributed by atoms with van der Waals surface area (Å²) >= 11 is 1.40. The predicted molar refractivity (Wildman–Crippen MR) is 92.4 cm³/mol. The minimum absolute atomic E-state index is 0.0501. The van der Waals surface area contributed by atoms with Crippen LogP contribution in [0.3, 0.4) is 0 Å². The first kappa shape index (κ1) is 15.1. The van der Waals surface area contributed by atoms with E-state index >= 15 is 0 Å². The summed E-state index contributed by atoms with van der Waals surface area (Å²) in [5.41, 5.74) is 2.38. The summed E-state index contributed by atoms with van der Waals surface area (Å²) in [6.45, 7) is 1.74. The maximum Gasteiger partial charge on any atom is 0.267 e. The molecule has 0 spiro atoms. The highest BCUT2D eigenvalue weighted by molar-refractivity contribution is 7.14. The lowest BCUT2D eigenvalue weighted by molar-refractivity contribution is -0.125. The Balaban J connectivity index is 1.60. The van der Waals surface area contributed by atoms with Crippen LogP contribution in [0.1, 0.15) is 19.8 Å². The Morgan fingerprint density at radius 1 is 1.42 bits per heavy atom. The summed E-state index contributed by atoms with van der Waals surface area (Å²) in [7, 11) is 1.74. The van der Waals surface area contributed by atoms with Gasteiger partial charge in [-0.3, -0.25) is 9.59 Å². The number of thiazole rings is 1. The first-order chi connectivity index (χ1) is 11.5. The highest BCUT2D eigenvalue weighted by Gasteiger charge is 2.31. The molecule has 24 heavy (non-hydrogen) atoms.